The number of amides is 1. The number of pyridine rings is 1. The fraction of sp³-hybridized carbons (Fsp3) is 0.440. The standard InChI is InChI=1S/C25H30N2O/c1-4-5-6-7-8-9-12-18(3)27-21-16-15-17(2)24-23(21)22(25(27)28)19-13-10-11-14-20(19)26-24/h10-11,13-16,18H,4-9,12H2,1-3H3. The summed E-state index contributed by atoms with van der Waals surface area (Å²) in [5, 5.41) is 2.01. The fourth-order valence-corrected chi connectivity index (χ4v) is 4.55. The molecule has 1 aromatic heterocycles. The number of hydrogen-bond acceptors (Lipinski definition) is 2. The maximum absolute atomic E-state index is 13.5. The zero-order valence-corrected chi connectivity index (χ0v) is 17.3. The van der Waals surface area contributed by atoms with Gasteiger partial charge in [-0.05, 0) is 38.0 Å². The van der Waals surface area contributed by atoms with Crippen LogP contribution in [0.5, 0.6) is 0 Å². The van der Waals surface area contributed by atoms with Gasteiger partial charge in [0.2, 0.25) is 0 Å². The molecule has 1 aliphatic rings. The maximum atomic E-state index is 13.5. The van der Waals surface area contributed by atoms with E-state index >= 15 is 0 Å². The van der Waals surface area contributed by atoms with E-state index in [1.165, 1.54) is 38.5 Å². The quantitative estimate of drug-likeness (QED) is 0.321. The van der Waals surface area contributed by atoms with Gasteiger partial charge in [0.15, 0.2) is 0 Å². The Labute approximate surface area is 167 Å². The zero-order valence-electron chi connectivity index (χ0n) is 17.3. The van der Waals surface area contributed by atoms with Gasteiger partial charge in [-0.3, -0.25) is 4.79 Å². The molecule has 0 bridgehead atoms. The Hall–Kier alpha value is -2.42. The first kappa shape index (κ1) is 18.9. The predicted molar refractivity (Wildman–Crippen MR) is 118 cm³/mol. The lowest BCUT2D eigenvalue weighted by atomic mass is 10.0. The topological polar surface area (TPSA) is 33.2 Å². The molecule has 2 heterocycles. The number of unbranched alkanes of at least 4 members (excludes halogenated alkanes) is 5. The van der Waals surface area contributed by atoms with Crippen LogP contribution >= 0.6 is 0 Å². The van der Waals surface area contributed by atoms with Gasteiger partial charge < -0.3 is 4.90 Å². The van der Waals surface area contributed by atoms with Crippen molar-refractivity contribution in [1.82, 2.24) is 4.98 Å². The number of aromatic nitrogens is 1. The fourth-order valence-electron chi connectivity index (χ4n) is 4.55. The summed E-state index contributed by atoms with van der Waals surface area (Å²) in [6.07, 6.45) is 8.73. The average Bonchev–Trinajstić information content (AvgIpc) is 3.00. The Kier molecular flexibility index (Phi) is 5.34. The molecule has 28 heavy (non-hydrogen) atoms. The summed E-state index contributed by atoms with van der Waals surface area (Å²) >= 11 is 0. The number of hydrogen-bond donors (Lipinski definition) is 0. The molecule has 0 aliphatic carbocycles. The van der Waals surface area contributed by atoms with Crippen LogP contribution in [-0.4, -0.2) is 16.9 Å². The molecule has 0 N–H and O–H groups in total. The van der Waals surface area contributed by atoms with E-state index in [0.29, 0.717) is 0 Å². The van der Waals surface area contributed by atoms with Crippen molar-refractivity contribution in [2.45, 2.75) is 71.8 Å². The van der Waals surface area contributed by atoms with Gasteiger partial charge in [0, 0.05) is 16.8 Å². The van der Waals surface area contributed by atoms with Crippen molar-refractivity contribution in [1.29, 1.82) is 0 Å². The Bertz CT molecular complexity index is 1020. The average molecular weight is 375 g/mol. The lowest BCUT2D eigenvalue weighted by Crippen LogP contribution is -2.35. The smallest absolute Gasteiger partial charge is 0.259 e. The zero-order chi connectivity index (χ0) is 19.7. The van der Waals surface area contributed by atoms with Gasteiger partial charge in [-0.25, -0.2) is 4.98 Å². The lowest BCUT2D eigenvalue weighted by molar-refractivity contribution is 0.0985. The number of aryl methyl sites for hydroxylation is 1. The van der Waals surface area contributed by atoms with E-state index < -0.39 is 0 Å². The van der Waals surface area contributed by atoms with Crippen molar-refractivity contribution in [3.63, 3.8) is 0 Å². The van der Waals surface area contributed by atoms with Crippen molar-refractivity contribution in [3.05, 3.63) is 47.5 Å². The van der Waals surface area contributed by atoms with Crippen LogP contribution in [0.25, 0.3) is 21.8 Å². The first-order valence-corrected chi connectivity index (χ1v) is 10.8. The lowest BCUT2D eigenvalue weighted by Gasteiger charge is -2.25. The molecule has 1 amide bonds. The Morgan fingerprint density at radius 2 is 1.75 bits per heavy atom. The highest BCUT2D eigenvalue weighted by Gasteiger charge is 2.35. The summed E-state index contributed by atoms with van der Waals surface area (Å²) < 4.78 is 0. The molecule has 1 atom stereocenters. The number of benzene rings is 2. The van der Waals surface area contributed by atoms with Crippen LogP contribution in [0, 0.1) is 6.92 Å². The molecule has 0 fully saturated rings. The second-order valence-electron chi connectivity index (χ2n) is 8.21. The van der Waals surface area contributed by atoms with Crippen molar-refractivity contribution in [2.75, 3.05) is 4.90 Å². The van der Waals surface area contributed by atoms with Gasteiger partial charge >= 0.3 is 0 Å². The normalized spacial score (nSPS) is 14.4. The number of carbonyl (C=O) groups excluding carboxylic acids is 1. The van der Waals surface area contributed by atoms with Gasteiger partial charge in [0.05, 0.1) is 22.3 Å². The highest BCUT2D eigenvalue weighted by Crippen LogP contribution is 2.42. The monoisotopic (exact) mass is 374 g/mol. The minimum Gasteiger partial charge on any atom is -0.305 e. The van der Waals surface area contributed by atoms with Gasteiger partial charge in [-0.2, -0.15) is 0 Å². The molecule has 3 nitrogen and oxygen atoms in total. The SMILES string of the molecule is CCCCCCCCC(C)N1C(=O)c2c3ccccc3nc3c(C)ccc1c23. The van der Waals surface area contributed by atoms with Gasteiger partial charge in [0.1, 0.15) is 0 Å². The summed E-state index contributed by atoms with van der Waals surface area (Å²) in [6, 6.07) is 12.4. The van der Waals surface area contributed by atoms with Crippen LogP contribution in [0.15, 0.2) is 36.4 Å². The van der Waals surface area contributed by atoms with E-state index in [1.807, 2.05) is 29.2 Å². The number of fused-ring (bicyclic) bond motifs is 2. The Morgan fingerprint density at radius 1 is 1.00 bits per heavy atom. The van der Waals surface area contributed by atoms with Gasteiger partial charge in [-0.1, -0.05) is 69.7 Å². The van der Waals surface area contributed by atoms with Gasteiger partial charge in [-0.15, -0.1) is 0 Å². The second kappa shape index (κ2) is 7.90. The molecule has 0 radical (unpaired) electrons. The second-order valence-corrected chi connectivity index (χ2v) is 8.21. The number of para-hydroxylation sites is 1. The van der Waals surface area contributed by atoms with Crippen LogP contribution in [0.3, 0.4) is 0 Å². The first-order valence-electron chi connectivity index (χ1n) is 10.8. The highest BCUT2D eigenvalue weighted by molar-refractivity contribution is 6.30. The van der Waals surface area contributed by atoms with E-state index in [-0.39, 0.29) is 11.9 Å². The van der Waals surface area contributed by atoms with Crippen LogP contribution in [-0.2, 0) is 0 Å². The molecule has 1 unspecified atom stereocenters. The molecule has 1 aliphatic heterocycles. The Morgan fingerprint density at radius 3 is 2.57 bits per heavy atom. The summed E-state index contributed by atoms with van der Waals surface area (Å²) in [4.78, 5) is 20.4. The third-order valence-corrected chi connectivity index (χ3v) is 6.12. The van der Waals surface area contributed by atoms with Crippen LogP contribution in [0.1, 0.15) is 74.7 Å². The molecule has 3 heteroatoms. The van der Waals surface area contributed by atoms with Crippen molar-refractivity contribution in [3.8, 4) is 0 Å². The van der Waals surface area contributed by atoms with E-state index in [9.17, 15) is 4.79 Å². The maximum Gasteiger partial charge on any atom is 0.259 e. The van der Waals surface area contributed by atoms with E-state index in [0.717, 1.165) is 45.0 Å². The largest absolute Gasteiger partial charge is 0.305 e. The van der Waals surface area contributed by atoms with E-state index in [2.05, 4.69) is 32.9 Å². The number of anilines is 1. The molecule has 2 aromatic carbocycles. The van der Waals surface area contributed by atoms with E-state index in [4.69, 9.17) is 4.98 Å². The molecular formula is C25H30N2O. The first-order chi connectivity index (χ1) is 13.6. The molecule has 0 saturated heterocycles. The molecule has 0 saturated carbocycles. The van der Waals surface area contributed by atoms with Crippen LogP contribution in [0.4, 0.5) is 5.69 Å². The number of carbonyl (C=O) groups is 1. The van der Waals surface area contributed by atoms with Crippen molar-refractivity contribution in [2.24, 2.45) is 0 Å². The number of nitrogens with zero attached hydrogens (tertiary/aromatic N) is 2. The molecule has 0 spiro atoms. The predicted octanol–water partition coefficient (Wildman–Crippen LogP) is 6.80. The third kappa shape index (κ3) is 3.17. The summed E-state index contributed by atoms with van der Waals surface area (Å²) in [5.74, 6) is 0.141. The summed E-state index contributed by atoms with van der Waals surface area (Å²) in [5.41, 5.74) is 4.88. The molecule has 3 aromatic rings. The van der Waals surface area contributed by atoms with Crippen LogP contribution < -0.4 is 4.90 Å². The minimum atomic E-state index is 0.141. The molecule has 4 rings (SSSR count). The highest BCUT2D eigenvalue weighted by atomic mass is 16.2. The summed E-state index contributed by atoms with van der Waals surface area (Å²) in [6.45, 7) is 6.52. The third-order valence-electron chi connectivity index (χ3n) is 6.12. The van der Waals surface area contributed by atoms with E-state index in [1.54, 1.807) is 0 Å². The molecule has 146 valence electrons. The molecular weight excluding hydrogens is 344 g/mol. The van der Waals surface area contributed by atoms with Crippen molar-refractivity contribution < 1.29 is 4.79 Å². The summed E-state index contributed by atoms with van der Waals surface area (Å²) in [7, 11) is 0. The minimum absolute atomic E-state index is 0.141. The number of rotatable bonds is 8. The van der Waals surface area contributed by atoms with Gasteiger partial charge in [0.25, 0.3) is 5.91 Å². The van der Waals surface area contributed by atoms with Crippen molar-refractivity contribution >= 4 is 33.4 Å². The Balaban J connectivity index is 1.65. The van der Waals surface area contributed by atoms with Crippen LogP contribution in [0.2, 0.25) is 0 Å².